The summed E-state index contributed by atoms with van der Waals surface area (Å²) in [4.78, 5) is 44.2. The minimum atomic E-state index is -0.368. The number of rotatable bonds is 4. The highest BCUT2D eigenvalue weighted by Crippen LogP contribution is 2.30. The van der Waals surface area contributed by atoms with Crippen molar-refractivity contribution >= 4 is 34.2 Å². The van der Waals surface area contributed by atoms with Crippen LogP contribution in [-0.2, 0) is 9.47 Å². The molecule has 192 valence electrons. The van der Waals surface area contributed by atoms with Crippen LogP contribution < -0.4 is 22.6 Å². The molecule has 0 aromatic carbocycles. The smallest absolute Gasteiger partial charge is 0.280 e. The zero-order chi connectivity index (χ0) is 25.4. The van der Waals surface area contributed by atoms with E-state index in [0.29, 0.717) is 11.3 Å². The van der Waals surface area contributed by atoms with Gasteiger partial charge in [0.2, 0.25) is 11.9 Å². The average molecular weight is 502 g/mol. The number of aromatic amines is 2. The first kappa shape index (κ1) is 23.9. The molecular formula is C20H26N10O6. The molecule has 16 nitrogen and oxygen atoms in total. The molecule has 4 aromatic heterocycles. The number of aromatic nitrogens is 8. The molecule has 0 aliphatic carbocycles. The highest BCUT2D eigenvalue weighted by Gasteiger charge is 2.29. The Hall–Kier alpha value is -3.86. The van der Waals surface area contributed by atoms with Gasteiger partial charge in [-0.3, -0.25) is 28.7 Å². The predicted molar refractivity (Wildman–Crippen MR) is 126 cm³/mol. The maximum Gasteiger partial charge on any atom is 0.280 e. The molecule has 2 unspecified atom stereocenters. The third-order valence-electron chi connectivity index (χ3n) is 6.10. The molecule has 2 aliphatic rings. The Morgan fingerprint density at radius 3 is 1.58 bits per heavy atom. The SMILES string of the molecule is Nc1nc2c(ncn2C2CC[C@@H](CO)O2)c(=O)[nH]1.Nc1nc2c(ncn2C2CC[C@@H](CO)O2)c(=O)[nH]1. The van der Waals surface area contributed by atoms with Crippen molar-refractivity contribution in [1.29, 1.82) is 0 Å². The quantitative estimate of drug-likeness (QED) is 0.192. The van der Waals surface area contributed by atoms with Gasteiger partial charge in [0.25, 0.3) is 11.1 Å². The molecule has 0 spiro atoms. The first-order chi connectivity index (χ1) is 17.4. The Morgan fingerprint density at radius 2 is 1.22 bits per heavy atom. The lowest BCUT2D eigenvalue weighted by molar-refractivity contribution is -0.0207. The van der Waals surface area contributed by atoms with E-state index >= 15 is 0 Å². The normalized spacial score (nSPS) is 23.8. The Kier molecular flexibility index (Phi) is 6.40. The van der Waals surface area contributed by atoms with E-state index in [4.69, 9.17) is 31.2 Å². The van der Waals surface area contributed by atoms with Crippen LogP contribution in [0.1, 0.15) is 38.1 Å². The maximum absolute atomic E-state index is 11.6. The van der Waals surface area contributed by atoms with E-state index in [-0.39, 0.29) is 71.9 Å². The van der Waals surface area contributed by atoms with Gasteiger partial charge in [-0.05, 0) is 25.7 Å². The number of fused-ring (bicyclic) bond motifs is 2. The lowest BCUT2D eigenvalue weighted by Crippen LogP contribution is -2.16. The maximum atomic E-state index is 11.6. The summed E-state index contributed by atoms with van der Waals surface area (Å²) in [6, 6.07) is 0. The monoisotopic (exact) mass is 502 g/mol. The number of imidazole rings is 2. The molecule has 6 rings (SSSR count). The van der Waals surface area contributed by atoms with Gasteiger partial charge in [-0.1, -0.05) is 0 Å². The fourth-order valence-electron chi connectivity index (χ4n) is 4.36. The van der Waals surface area contributed by atoms with Crippen LogP contribution in [-0.4, -0.2) is 74.7 Å². The number of aliphatic hydroxyl groups is 2. The van der Waals surface area contributed by atoms with Crippen LogP contribution in [0.3, 0.4) is 0 Å². The number of ether oxygens (including phenoxy) is 2. The van der Waals surface area contributed by atoms with Gasteiger partial charge in [0.15, 0.2) is 22.3 Å². The molecule has 6 heterocycles. The topological polar surface area (TPSA) is 238 Å². The molecule has 4 atom stereocenters. The molecule has 0 saturated carbocycles. The van der Waals surface area contributed by atoms with Gasteiger partial charge in [-0.2, -0.15) is 9.97 Å². The Bertz CT molecular complexity index is 1380. The van der Waals surface area contributed by atoms with Gasteiger partial charge < -0.3 is 31.2 Å². The molecule has 2 aliphatic heterocycles. The highest BCUT2D eigenvalue weighted by atomic mass is 16.5. The third-order valence-corrected chi connectivity index (χ3v) is 6.10. The van der Waals surface area contributed by atoms with E-state index in [1.807, 2.05) is 0 Å². The van der Waals surface area contributed by atoms with Crippen molar-refractivity contribution in [2.24, 2.45) is 0 Å². The number of H-pyrrole nitrogens is 2. The van der Waals surface area contributed by atoms with Crippen LogP contribution in [0.2, 0.25) is 0 Å². The van der Waals surface area contributed by atoms with Crippen molar-refractivity contribution in [3.05, 3.63) is 33.4 Å². The summed E-state index contributed by atoms with van der Waals surface area (Å²) < 4.78 is 14.6. The second-order valence-electron chi connectivity index (χ2n) is 8.50. The first-order valence-electron chi connectivity index (χ1n) is 11.3. The van der Waals surface area contributed by atoms with Gasteiger partial charge >= 0.3 is 0 Å². The van der Waals surface area contributed by atoms with E-state index in [1.54, 1.807) is 9.13 Å². The molecule has 36 heavy (non-hydrogen) atoms. The largest absolute Gasteiger partial charge is 0.394 e. The number of nitrogens with one attached hydrogen (secondary N) is 2. The third kappa shape index (κ3) is 4.41. The van der Waals surface area contributed by atoms with Crippen LogP contribution in [0.25, 0.3) is 22.3 Å². The fraction of sp³-hybridized carbons (Fsp3) is 0.500. The number of hydrogen-bond donors (Lipinski definition) is 6. The zero-order valence-corrected chi connectivity index (χ0v) is 19.1. The van der Waals surface area contributed by atoms with Crippen LogP contribution in [0.4, 0.5) is 11.9 Å². The summed E-state index contributed by atoms with van der Waals surface area (Å²) in [6.45, 7) is -0.0292. The van der Waals surface area contributed by atoms with E-state index in [9.17, 15) is 9.59 Å². The van der Waals surface area contributed by atoms with Gasteiger partial charge in [0.1, 0.15) is 12.5 Å². The van der Waals surface area contributed by atoms with Crippen molar-refractivity contribution in [1.82, 2.24) is 39.0 Å². The van der Waals surface area contributed by atoms with Gasteiger partial charge in [0.05, 0.1) is 38.1 Å². The fourth-order valence-corrected chi connectivity index (χ4v) is 4.36. The number of hydrogen-bond acceptors (Lipinski definition) is 12. The summed E-state index contributed by atoms with van der Waals surface area (Å²) in [5.41, 5.74) is 11.6. The first-order valence-corrected chi connectivity index (χ1v) is 11.3. The summed E-state index contributed by atoms with van der Waals surface area (Å²) in [6.07, 6.45) is 5.16. The van der Waals surface area contributed by atoms with Crippen molar-refractivity contribution in [3.63, 3.8) is 0 Å². The molecule has 2 saturated heterocycles. The van der Waals surface area contributed by atoms with Crippen LogP contribution in [0.15, 0.2) is 22.2 Å². The molecule has 16 heteroatoms. The number of nitrogen functional groups attached to an aromatic ring is 2. The minimum absolute atomic E-state index is 0.0146. The van der Waals surface area contributed by atoms with Gasteiger partial charge in [0, 0.05) is 0 Å². The summed E-state index contributed by atoms with van der Waals surface area (Å²) >= 11 is 0. The Labute approximate surface area is 201 Å². The van der Waals surface area contributed by atoms with E-state index in [1.165, 1.54) is 12.7 Å². The minimum Gasteiger partial charge on any atom is -0.394 e. The van der Waals surface area contributed by atoms with Crippen molar-refractivity contribution in [2.75, 3.05) is 24.7 Å². The van der Waals surface area contributed by atoms with Crippen LogP contribution in [0.5, 0.6) is 0 Å². The molecule has 4 aromatic rings. The van der Waals surface area contributed by atoms with Crippen molar-refractivity contribution in [2.45, 2.75) is 50.3 Å². The zero-order valence-electron chi connectivity index (χ0n) is 19.1. The van der Waals surface area contributed by atoms with Gasteiger partial charge in [-0.25, -0.2) is 9.97 Å². The highest BCUT2D eigenvalue weighted by molar-refractivity contribution is 5.71. The molecule has 0 bridgehead atoms. The molecule has 0 radical (unpaired) electrons. The molecular weight excluding hydrogens is 476 g/mol. The van der Waals surface area contributed by atoms with Crippen molar-refractivity contribution < 1.29 is 19.7 Å². The standard InChI is InChI=1S/2C10H13N5O3/c2*11-10-13-8-7(9(17)14-10)12-4-15(8)6-2-1-5(3-16)18-6/h2*4-6,16H,1-3H2,(H3,11,13,14,17)/t2*5-,6?/m00/s1. The van der Waals surface area contributed by atoms with E-state index < -0.39 is 0 Å². The van der Waals surface area contributed by atoms with Crippen LogP contribution >= 0.6 is 0 Å². The number of nitrogens with two attached hydrogens (primary N) is 2. The number of nitrogens with zero attached hydrogens (tertiary/aromatic N) is 6. The average Bonchev–Trinajstić information content (AvgIpc) is 3.63. The lowest BCUT2D eigenvalue weighted by atomic mass is 10.2. The summed E-state index contributed by atoms with van der Waals surface area (Å²) in [5.74, 6) is 0.0944. The van der Waals surface area contributed by atoms with Gasteiger partial charge in [-0.15, -0.1) is 0 Å². The number of anilines is 2. The second kappa shape index (κ2) is 9.65. The number of aliphatic hydroxyl groups excluding tert-OH is 2. The second-order valence-corrected chi connectivity index (χ2v) is 8.50. The lowest BCUT2D eigenvalue weighted by Gasteiger charge is -2.13. The summed E-state index contributed by atoms with van der Waals surface area (Å²) in [7, 11) is 0. The predicted octanol–water partition coefficient (Wildman–Crippen LogP) is -1.26. The van der Waals surface area contributed by atoms with Crippen molar-refractivity contribution in [3.8, 4) is 0 Å². The van der Waals surface area contributed by atoms with E-state index in [0.717, 1.165) is 25.7 Å². The molecule has 0 amide bonds. The van der Waals surface area contributed by atoms with E-state index in [2.05, 4.69) is 29.9 Å². The Morgan fingerprint density at radius 1 is 0.806 bits per heavy atom. The Balaban J connectivity index is 0.000000148. The van der Waals surface area contributed by atoms with Crippen LogP contribution in [0, 0.1) is 0 Å². The molecule has 2 fully saturated rings. The molecule has 8 N–H and O–H groups in total. The summed E-state index contributed by atoms with van der Waals surface area (Å²) in [5, 5.41) is 18.1.